The SMILES string of the molecule is COC(=O)N1CC[C@H](Oc2cc(C3(C#N)CC4CC(C(=O)O)CC4C3)ccc2OC)C1. The van der Waals surface area contributed by atoms with Gasteiger partial charge < -0.3 is 24.2 Å². The van der Waals surface area contributed by atoms with E-state index in [0.717, 1.165) is 5.56 Å². The van der Waals surface area contributed by atoms with Crippen molar-refractivity contribution in [1.29, 1.82) is 5.26 Å². The minimum Gasteiger partial charge on any atom is -0.493 e. The molecule has 8 nitrogen and oxygen atoms in total. The molecular formula is C23H28N2O6. The van der Waals surface area contributed by atoms with Crippen LogP contribution in [0, 0.1) is 29.1 Å². The highest BCUT2D eigenvalue weighted by atomic mass is 16.5. The second kappa shape index (κ2) is 8.29. The average molecular weight is 428 g/mol. The maximum atomic E-state index is 11.8. The summed E-state index contributed by atoms with van der Waals surface area (Å²) >= 11 is 0. The normalized spacial score (nSPS) is 31.7. The van der Waals surface area contributed by atoms with Crippen LogP contribution in [0.5, 0.6) is 11.5 Å². The summed E-state index contributed by atoms with van der Waals surface area (Å²) in [5.74, 6) is 0.645. The Labute approximate surface area is 181 Å². The van der Waals surface area contributed by atoms with Crippen molar-refractivity contribution in [1.82, 2.24) is 4.90 Å². The molecule has 1 aromatic rings. The molecule has 1 saturated heterocycles. The second-order valence-corrected chi connectivity index (χ2v) is 8.94. The number of rotatable bonds is 5. The first-order chi connectivity index (χ1) is 14.9. The van der Waals surface area contributed by atoms with Gasteiger partial charge in [0.2, 0.25) is 0 Å². The van der Waals surface area contributed by atoms with Gasteiger partial charge >= 0.3 is 12.1 Å². The number of likely N-dealkylation sites (tertiary alicyclic amines) is 1. The molecule has 8 heteroatoms. The number of hydrogen-bond acceptors (Lipinski definition) is 6. The molecular weight excluding hydrogens is 400 g/mol. The maximum absolute atomic E-state index is 11.8. The minimum atomic E-state index is -0.727. The van der Waals surface area contributed by atoms with E-state index < -0.39 is 11.4 Å². The third-order valence-corrected chi connectivity index (χ3v) is 7.21. The Morgan fingerprint density at radius 3 is 2.48 bits per heavy atom. The molecule has 0 spiro atoms. The zero-order valence-corrected chi connectivity index (χ0v) is 17.9. The summed E-state index contributed by atoms with van der Waals surface area (Å²) in [7, 11) is 2.93. The molecule has 3 fully saturated rings. The van der Waals surface area contributed by atoms with Crippen LogP contribution in [0.3, 0.4) is 0 Å². The van der Waals surface area contributed by atoms with Crippen LogP contribution in [0.2, 0.25) is 0 Å². The fourth-order valence-electron chi connectivity index (χ4n) is 5.65. The second-order valence-electron chi connectivity index (χ2n) is 8.94. The van der Waals surface area contributed by atoms with Gasteiger partial charge in [0.05, 0.1) is 38.2 Å². The van der Waals surface area contributed by atoms with Gasteiger partial charge in [-0.2, -0.15) is 5.26 Å². The lowest BCUT2D eigenvalue weighted by atomic mass is 9.77. The molecule has 4 rings (SSSR count). The molecule has 1 aromatic carbocycles. The molecule has 2 saturated carbocycles. The van der Waals surface area contributed by atoms with E-state index >= 15 is 0 Å². The van der Waals surface area contributed by atoms with Crippen LogP contribution in [0.4, 0.5) is 4.79 Å². The molecule has 1 amide bonds. The molecule has 0 aromatic heterocycles. The largest absolute Gasteiger partial charge is 0.493 e. The van der Waals surface area contributed by atoms with Crippen LogP contribution in [-0.2, 0) is 14.9 Å². The van der Waals surface area contributed by atoms with Crippen molar-refractivity contribution in [3.63, 3.8) is 0 Å². The third-order valence-electron chi connectivity index (χ3n) is 7.21. The summed E-state index contributed by atoms with van der Waals surface area (Å²) in [6.45, 7) is 1.000. The highest BCUT2D eigenvalue weighted by Gasteiger charge is 2.52. The molecule has 1 N–H and O–H groups in total. The van der Waals surface area contributed by atoms with Crippen LogP contribution < -0.4 is 9.47 Å². The maximum Gasteiger partial charge on any atom is 0.409 e. The van der Waals surface area contributed by atoms with Gasteiger partial charge in [0.25, 0.3) is 0 Å². The number of carbonyl (C=O) groups excluding carboxylic acids is 1. The molecule has 1 aliphatic heterocycles. The van der Waals surface area contributed by atoms with E-state index in [9.17, 15) is 20.0 Å². The Kier molecular flexibility index (Phi) is 5.69. The highest BCUT2D eigenvalue weighted by molar-refractivity contribution is 5.70. The zero-order valence-electron chi connectivity index (χ0n) is 17.9. The number of fused-ring (bicyclic) bond motifs is 1. The average Bonchev–Trinajstić information content (AvgIpc) is 3.47. The van der Waals surface area contributed by atoms with Gasteiger partial charge in [-0.1, -0.05) is 6.07 Å². The Hall–Kier alpha value is -2.95. The summed E-state index contributed by atoms with van der Waals surface area (Å²) in [4.78, 5) is 24.7. The Bertz CT molecular complexity index is 896. The fourth-order valence-corrected chi connectivity index (χ4v) is 5.65. The molecule has 31 heavy (non-hydrogen) atoms. The van der Waals surface area contributed by atoms with E-state index in [0.29, 0.717) is 56.7 Å². The Morgan fingerprint density at radius 1 is 1.19 bits per heavy atom. The van der Waals surface area contributed by atoms with Gasteiger partial charge in [0, 0.05) is 13.0 Å². The van der Waals surface area contributed by atoms with Gasteiger partial charge in [-0.15, -0.1) is 0 Å². The van der Waals surface area contributed by atoms with Crippen LogP contribution in [0.15, 0.2) is 18.2 Å². The summed E-state index contributed by atoms with van der Waals surface area (Å²) in [6.07, 6.45) is 2.77. The first-order valence-corrected chi connectivity index (χ1v) is 10.7. The number of hydrogen-bond donors (Lipinski definition) is 1. The quantitative estimate of drug-likeness (QED) is 0.767. The lowest BCUT2D eigenvalue weighted by molar-refractivity contribution is -0.141. The van der Waals surface area contributed by atoms with Crippen molar-refractivity contribution in [3.8, 4) is 17.6 Å². The predicted octanol–water partition coefficient (Wildman–Crippen LogP) is 3.20. The number of carboxylic acids is 1. The van der Waals surface area contributed by atoms with Gasteiger partial charge in [-0.05, 0) is 55.2 Å². The van der Waals surface area contributed by atoms with Gasteiger partial charge in [0.1, 0.15) is 6.10 Å². The Balaban J connectivity index is 1.53. The van der Waals surface area contributed by atoms with Gasteiger partial charge in [-0.25, -0.2) is 4.79 Å². The number of methoxy groups -OCH3 is 2. The number of nitriles is 1. The molecule has 0 bridgehead atoms. The van der Waals surface area contributed by atoms with E-state index in [-0.39, 0.29) is 30.0 Å². The first-order valence-electron chi connectivity index (χ1n) is 10.7. The topological polar surface area (TPSA) is 109 Å². The van der Waals surface area contributed by atoms with Crippen LogP contribution >= 0.6 is 0 Å². The van der Waals surface area contributed by atoms with Crippen LogP contribution in [0.25, 0.3) is 0 Å². The van der Waals surface area contributed by atoms with Gasteiger partial charge in [0.15, 0.2) is 11.5 Å². The summed E-state index contributed by atoms with van der Waals surface area (Å²) < 4.78 is 16.4. The molecule has 166 valence electrons. The number of nitrogens with zero attached hydrogens (tertiary/aromatic N) is 2. The number of carboxylic acid groups (broad SMARTS) is 1. The van der Waals surface area contributed by atoms with Crippen molar-refractivity contribution in [2.75, 3.05) is 27.3 Å². The van der Waals surface area contributed by atoms with Crippen LogP contribution in [-0.4, -0.2) is 55.5 Å². The van der Waals surface area contributed by atoms with E-state index in [1.165, 1.54) is 7.11 Å². The predicted molar refractivity (Wildman–Crippen MR) is 110 cm³/mol. The number of aliphatic carboxylic acids is 1. The van der Waals surface area contributed by atoms with Crippen LogP contribution in [0.1, 0.15) is 37.7 Å². The van der Waals surface area contributed by atoms with E-state index in [1.807, 2.05) is 18.2 Å². The third kappa shape index (κ3) is 3.89. The lowest BCUT2D eigenvalue weighted by Gasteiger charge is -2.25. The Morgan fingerprint density at radius 2 is 1.90 bits per heavy atom. The number of amides is 1. The molecule has 2 unspecified atom stereocenters. The number of benzene rings is 1. The van der Waals surface area contributed by atoms with E-state index in [1.54, 1.807) is 12.0 Å². The molecule has 0 radical (unpaired) electrons. The first kappa shape index (κ1) is 21.3. The summed E-state index contributed by atoms with van der Waals surface area (Å²) in [5, 5.41) is 19.5. The minimum absolute atomic E-state index is 0.180. The molecule has 3 atom stereocenters. The molecule has 2 aliphatic carbocycles. The molecule has 3 aliphatic rings. The summed E-state index contributed by atoms with van der Waals surface area (Å²) in [6, 6.07) is 8.17. The van der Waals surface area contributed by atoms with E-state index in [2.05, 4.69) is 6.07 Å². The van der Waals surface area contributed by atoms with E-state index in [4.69, 9.17) is 14.2 Å². The highest BCUT2D eigenvalue weighted by Crippen LogP contribution is 2.56. The number of carbonyl (C=O) groups is 2. The molecule has 1 heterocycles. The monoisotopic (exact) mass is 428 g/mol. The van der Waals surface area contributed by atoms with Crippen molar-refractivity contribution in [3.05, 3.63) is 23.8 Å². The number of ether oxygens (including phenoxy) is 3. The van der Waals surface area contributed by atoms with Crippen molar-refractivity contribution >= 4 is 12.1 Å². The van der Waals surface area contributed by atoms with Crippen molar-refractivity contribution < 1.29 is 28.9 Å². The summed E-state index contributed by atoms with van der Waals surface area (Å²) in [5.41, 5.74) is 0.242. The lowest BCUT2D eigenvalue weighted by Crippen LogP contribution is -2.30. The standard InChI is InChI=1S/C23H28N2O6/c1-29-19-4-3-17(9-20(19)31-18-5-6-25(12-18)22(28)30-2)23(13-24)10-15-7-14(21(26)27)8-16(15)11-23/h3-4,9,14-16,18H,5-8,10-12H2,1-2H3,(H,26,27)/t14?,15?,16?,18-,23?/m0/s1. The smallest absolute Gasteiger partial charge is 0.409 e. The van der Waals surface area contributed by atoms with Crippen molar-refractivity contribution in [2.24, 2.45) is 17.8 Å². The zero-order chi connectivity index (χ0) is 22.2. The van der Waals surface area contributed by atoms with Gasteiger partial charge in [-0.3, -0.25) is 4.79 Å². The fraction of sp³-hybridized carbons (Fsp3) is 0.609. The van der Waals surface area contributed by atoms with Crippen molar-refractivity contribution in [2.45, 2.75) is 43.6 Å².